The van der Waals surface area contributed by atoms with Crippen LogP contribution in [0.2, 0.25) is 0 Å². The molecular formula is C16H21NO5. The van der Waals surface area contributed by atoms with Crippen LogP contribution in [0.1, 0.15) is 36.5 Å². The van der Waals surface area contributed by atoms with Crippen LogP contribution in [0.4, 0.5) is 0 Å². The zero-order valence-electron chi connectivity index (χ0n) is 13.0. The summed E-state index contributed by atoms with van der Waals surface area (Å²) in [5, 5.41) is 8.85. The van der Waals surface area contributed by atoms with E-state index >= 15 is 0 Å². The first-order chi connectivity index (χ1) is 10.4. The van der Waals surface area contributed by atoms with Gasteiger partial charge in [0.2, 0.25) is 5.91 Å². The average Bonchev–Trinajstić information content (AvgIpc) is 2.53. The van der Waals surface area contributed by atoms with E-state index in [9.17, 15) is 14.4 Å². The highest BCUT2D eigenvalue weighted by atomic mass is 16.5. The molecule has 6 heteroatoms. The van der Waals surface area contributed by atoms with Gasteiger partial charge in [-0.15, -0.1) is 0 Å². The fraction of sp³-hybridized carbons (Fsp3) is 0.438. The topological polar surface area (TPSA) is 83.9 Å². The van der Waals surface area contributed by atoms with Crippen LogP contribution in [-0.2, 0) is 9.59 Å². The number of benzene rings is 1. The van der Waals surface area contributed by atoms with Gasteiger partial charge in [-0.2, -0.15) is 0 Å². The van der Waals surface area contributed by atoms with Gasteiger partial charge in [0.15, 0.2) is 5.78 Å². The molecule has 120 valence electrons. The zero-order chi connectivity index (χ0) is 16.7. The quantitative estimate of drug-likeness (QED) is 0.742. The van der Waals surface area contributed by atoms with Gasteiger partial charge in [0, 0.05) is 25.5 Å². The van der Waals surface area contributed by atoms with Crippen molar-refractivity contribution < 1.29 is 24.2 Å². The number of amides is 1. The van der Waals surface area contributed by atoms with Crippen LogP contribution >= 0.6 is 0 Å². The highest BCUT2D eigenvalue weighted by Crippen LogP contribution is 2.14. The molecule has 6 nitrogen and oxygen atoms in total. The lowest BCUT2D eigenvalue weighted by Crippen LogP contribution is -2.40. The molecule has 0 saturated carbocycles. The summed E-state index contributed by atoms with van der Waals surface area (Å²) < 4.78 is 5.02. The van der Waals surface area contributed by atoms with Crippen molar-refractivity contribution >= 4 is 17.7 Å². The first kappa shape index (κ1) is 17.7. The van der Waals surface area contributed by atoms with Crippen LogP contribution in [-0.4, -0.2) is 47.9 Å². The zero-order valence-corrected chi connectivity index (χ0v) is 13.0. The van der Waals surface area contributed by atoms with Crippen LogP contribution in [0, 0.1) is 0 Å². The Morgan fingerprint density at radius 3 is 2.27 bits per heavy atom. The second kappa shape index (κ2) is 8.17. The van der Waals surface area contributed by atoms with Crippen molar-refractivity contribution in [3.8, 4) is 5.75 Å². The van der Waals surface area contributed by atoms with Gasteiger partial charge < -0.3 is 14.7 Å². The van der Waals surface area contributed by atoms with Crippen molar-refractivity contribution in [2.24, 2.45) is 0 Å². The lowest BCUT2D eigenvalue weighted by Gasteiger charge is -2.21. The number of ketones is 1. The molecule has 0 bridgehead atoms. The predicted octanol–water partition coefficient (Wildman–Crippen LogP) is 1.98. The number of carboxylic acid groups (broad SMARTS) is 1. The van der Waals surface area contributed by atoms with Crippen LogP contribution in [0.25, 0.3) is 0 Å². The van der Waals surface area contributed by atoms with Gasteiger partial charge in [-0.3, -0.25) is 9.59 Å². The van der Waals surface area contributed by atoms with Crippen LogP contribution in [0.3, 0.4) is 0 Å². The first-order valence-corrected chi connectivity index (χ1v) is 7.02. The summed E-state index contributed by atoms with van der Waals surface area (Å²) in [7, 11) is 3.00. The molecule has 1 rings (SSSR count). The van der Waals surface area contributed by atoms with Crippen molar-refractivity contribution in [3.63, 3.8) is 0 Å². The molecule has 0 aliphatic heterocycles. The maximum absolute atomic E-state index is 12.0. The number of Topliss-reactive ketones (excluding diaryl/α,β-unsaturated/α-hetero) is 1. The molecule has 22 heavy (non-hydrogen) atoms. The first-order valence-electron chi connectivity index (χ1n) is 7.02. The van der Waals surface area contributed by atoms with Gasteiger partial charge in [0.05, 0.1) is 7.11 Å². The van der Waals surface area contributed by atoms with E-state index in [1.807, 2.05) is 0 Å². The number of carboxylic acids is 1. The summed E-state index contributed by atoms with van der Waals surface area (Å²) in [5.74, 6) is -0.706. The molecule has 0 spiro atoms. The Kier molecular flexibility index (Phi) is 6.56. The molecule has 1 aromatic rings. The summed E-state index contributed by atoms with van der Waals surface area (Å²) in [6.45, 7) is 1.45. The van der Waals surface area contributed by atoms with Gasteiger partial charge in [-0.05, 0) is 37.6 Å². The summed E-state index contributed by atoms with van der Waals surface area (Å²) >= 11 is 0. The minimum atomic E-state index is -1.05. The van der Waals surface area contributed by atoms with E-state index in [4.69, 9.17) is 9.84 Å². The molecule has 0 aromatic heterocycles. The summed E-state index contributed by atoms with van der Waals surface area (Å²) in [5.41, 5.74) is 0.570. The minimum absolute atomic E-state index is 0.0515. The van der Waals surface area contributed by atoms with Gasteiger partial charge in [0.1, 0.15) is 11.8 Å². The van der Waals surface area contributed by atoms with Crippen LogP contribution in [0.15, 0.2) is 24.3 Å². The number of nitrogens with zero attached hydrogens (tertiary/aromatic N) is 1. The fourth-order valence-corrected chi connectivity index (χ4v) is 1.88. The molecule has 0 saturated heterocycles. The number of likely N-dealkylation sites (N-methyl/N-ethyl adjacent to an activating group) is 1. The van der Waals surface area contributed by atoms with E-state index < -0.39 is 12.0 Å². The number of carbonyl (C=O) groups excluding carboxylic acids is 2. The molecule has 0 fully saturated rings. The number of ether oxygens (including phenoxy) is 1. The average molecular weight is 307 g/mol. The number of methoxy groups -OCH3 is 1. The van der Waals surface area contributed by atoms with Crippen molar-refractivity contribution in [1.82, 2.24) is 4.90 Å². The van der Waals surface area contributed by atoms with Crippen molar-refractivity contribution in [3.05, 3.63) is 29.8 Å². The predicted molar refractivity (Wildman–Crippen MR) is 81.0 cm³/mol. The third-order valence-corrected chi connectivity index (χ3v) is 3.54. The van der Waals surface area contributed by atoms with Crippen LogP contribution in [0.5, 0.6) is 5.75 Å². The lowest BCUT2D eigenvalue weighted by atomic mass is 10.0. The molecule has 1 amide bonds. The third-order valence-electron chi connectivity index (χ3n) is 3.54. The van der Waals surface area contributed by atoms with E-state index in [0.29, 0.717) is 17.7 Å². The Balaban J connectivity index is 2.44. The maximum Gasteiger partial charge on any atom is 0.326 e. The highest BCUT2D eigenvalue weighted by Gasteiger charge is 2.21. The standard InChI is InChI=1S/C16H21NO5/c1-11(16(20)21)17(2)15(19)6-4-5-14(18)12-7-9-13(22-3)10-8-12/h7-11H,4-6H2,1-3H3,(H,20,21). The van der Waals surface area contributed by atoms with Crippen molar-refractivity contribution in [2.75, 3.05) is 14.2 Å². The Hall–Kier alpha value is -2.37. The SMILES string of the molecule is COc1ccc(C(=O)CCCC(=O)N(C)C(C)C(=O)O)cc1. The Morgan fingerprint density at radius 2 is 1.77 bits per heavy atom. The second-order valence-electron chi connectivity index (χ2n) is 5.02. The number of aliphatic carboxylic acids is 1. The molecule has 1 unspecified atom stereocenters. The molecule has 0 radical (unpaired) electrons. The highest BCUT2D eigenvalue weighted by molar-refractivity contribution is 5.96. The van der Waals surface area contributed by atoms with Gasteiger partial charge in [-0.25, -0.2) is 4.79 Å². The molecule has 1 N–H and O–H groups in total. The van der Waals surface area contributed by atoms with E-state index in [-0.39, 0.29) is 24.5 Å². The lowest BCUT2D eigenvalue weighted by molar-refractivity contribution is -0.148. The second-order valence-corrected chi connectivity index (χ2v) is 5.02. The number of hydrogen-bond acceptors (Lipinski definition) is 4. The smallest absolute Gasteiger partial charge is 0.326 e. The van der Waals surface area contributed by atoms with Gasteiger partial charge >= 0.3 is 5.97 Å². The molecule has 1 aromatic carbocycles. The molecular weight excluding hydrogens is 286 g/mol. The van der Waals surface area contributed by atoms with Crippen molar-refractivity contribution in [1.29, 1.82) is 0 Å². The molecule has 0 aliphatic rings. The van der Waals surface area contributed by atoms with E-state index in [1.165, 1.54) is 18.9 Å². The summed E-state index contributed by atoms with van der Waals surface area (Å²) in [6, 6.07) is 5.91. The normalized spacial score (nSPS) is 11.6. The fourth-order valence-electron chi connectivity index (χ4n) is 1.88. The molecule has 1 atom stereocenters. The van der Waals surface area contributed by atoms with Crippen molar-refractivity contribution in [2.45, 2.75) is 32.2 Å². The number of hydrogen-bond donors (Lipinski definition) is 1. The summed E-state index contributed by atoms with van der Waals surface area (Å²) in [4.78, 5) is 35.8. The monoisotopic (exact) mass is 307 g/mol. The molecule has 0 aliphatic carbocycles. The number of carbonyl (C=O) groups is 3. The Morgan fingerprint density at radius 1 is 1.18 bits per heavy atom. The minimum Gasteiger partial charge on any atom is -0.497 e. The Bertz CT molecular complexity index is 538. The maximum atomic E-state index is 12.0. The third kappa shape index (κ3) is 4.87. The van der Waals surface area contributed by atoms with E-state index in [0.717, 1.165) is 0 Å². The summed E-state index contributed by atoms with van der Waals surface area (Å²) in [6.07, 6.45) is 0.781. The van der Waals surface area contributed by atoms with E-state index in [2.05, 4.69) is 0 Å². The van der Waals surface area contributed by atoms with E-state index in [1.54, 1.807) is 31.4 Å². The largest absolute Gasteiger partial charge is 0.497 e. The van der Waals surface area contributed by atoms with Crippen LogP contribution < -0.4 is 4.74 Å². The van der Waals surface area contributed by atoms with Gasteiger partial charge in [0.25, 0.3) is 0 Å². The molecule has 0 heterocycles. The van der Waals surface area contributed by atoms with Gasteiger partial charge in [-0.1, -0.05) is 0 Å². The Labute approximate surface area is 129 Å². The number of rotatable bonds is 8.